The highest BCUT2D eigenvalue weighted by molar-refractivity contribution is 6.39. The summed E-state index contributed by atoms with van der Waals surface area (Å²) in [6.45, 7) is 1.86. The van der Waals surface area contributed by atoms with E-state index in [1.54, 1.807) is 24.3 Å². The van der Waals surface area contributed by atoms with Crippen LogP contribution in [0.25, 0.3) is 11.3 Å². The van der Waals surface area contributed by atoms with Crippen molar-refractivity contribution in [3.63, 3.8) is 0 Å². The van der Waals surface area contributed by atoms with Gasteiger partial charge in [-0.1, -0.05) is 34.4 Å². The highest BCUT2D eigenvalue weighted by Crippen LogP contribution is 2.51. The zero-order valence-corrected chi connectivity index (χ0v) is 21.7. The molecule has 3 fully saturated rings. The molecule has 194 valence electrons. The van der Waals surface area contributed by atoms with Crippen molar-refractivity contribution < 1.29 is 23.6 Å². The topological polar surface area (TPSA) is 75.8 Å². The molecule has 2 heterocycles. The van der Waals surface area contributed by atoms with Crippen LogP contribution in [0.15, 0.2) is 40.9 Å². The lowest BCUT2D eigenvalue weighted by molar-refractivity contribution is -0.0931. The number of carbonyl (C=O) groups is 1. The Labute approximate surface area is 224 Å². The number of hydrogen-bond donors (Lipinski definition) is 1. The third-order valence-corrected chi connectivity index (χ3v) is 8.58. The minimum atomic E-state index is -1.13. The van der Waals surface area contributed by atoms with E-state index in [-0.39, 0.29) is 17.1 Å². The second-order valence-corrected chi connectivity index (χ2v) is 11.4. The van der Waals surface area contributed by atoms with E-state index in [4.69, 9.17) is 37.6 Å². The molecule has 2 aliphatic carbocycles. The molecule has 0 bridgehead atoms. The summed E-state index contributed by atoms with van der Waals surface area (Å²) < 4.78 is 26.8. The van der Waals surface area contributed by atoms with Crippen molar-refractivity contribution in [2.75, 3.05) is 18.0 Å². The van der Waals surface area contributed by atoms with Gasteiger partial charge in [-0.3, -0.25) is 0 Å². The Balaban J connectivity index is 1.14. The summed E-state index contributed by atoms with van der Waals surface area (Å²) in [6, 6.07) is 9.54. The maximum absolute atomic E-state index is 14.7. The number of hydrogen-bond acceptors (Lipinski definition) is 5. The Morgan fingerprint density at radius 2 is 1.97 bits per heavy atom. The number of nitrogens with zero attached hydrogens (tertiary/aromatic N) is 2. The van der Waals surface area contributed by atoms with E-state index in [9.17, 15) is 9.18 Å². The second kappa shape index (κ2) is 9.61. The van der Waals surface area contributed by atoms with Gasteiger partial charge in [-0.2, -0.15) is 0 Å². The van der Waals surface area contributed by atoms with Crippen LogP contribution < -0.4 is 4.90 Å². The van der Waals surface area contributed by atoms with Gasteiger partial charge in [-0.25, -0.2) is 9.18 Å². The SMILES string of the molecule is O=C(O)c1ccc(N2CCCC3(CC(OCc4c(-c5c(Cl)cccc5Cl)noc4C4CC4)C3)C2)c(F)c1. The first-order valence-corrected chi connectivity index (χ1v) is 13.4. The number of ether oxygens (including phenoxy) is 1. The predicted octanol–water partition coefficient (Wildman–Crippen LogP) is 7.33. The number of rotatable bonds is 7. The molecule has 1 N–H and O–H groups in total. The smallest absolute Gasteiger partial charge is 0.335 e. The Morgan fingerprint density at radius 3 is 2.65 bits per heavy atom. The molecule has 1 aliphatic heterocycles. The molecule has 6 rings (SSSR count). The number of carboxylic acids is 1. The summed E-state index contributed by atoms with van der Waals surface area (Å²) in [5.74, 6) is -0.389. The number of carboxylic acid groups (broad SMARTS) is 1. The van der Waals surface area contributed by atoms with Crippen LogP contribution in [0.4, 0.5) is 10.1 Å². The molecular formula is C28H27Cl2FN2O4. The fourth-order valence-corrected chi connectivity index (χ4v) is 6.49. The highest BCUT2D eigenvalue weighted by atomic mass is 35.5. The average molecular weight is 545 g/mol. The van der Waals surface area contributed by atoms with Crippen molar-refractivity contribution in [1.82, 2.24) is 5.16 Å². The number of anilines is 1. The Kier molecular flexibility index (Phi) is 6.42. The van der Waals surface area contributed by atoms with Crippen LogP contribution in [0.1, 0.15) is 66.1 Å². The minimum absolute atomic E-state index is 0.0400. The van der Waals surface area contributed by atoms with Gasteiger partial charge in [0.2, 0.25) is 0 Å². The lowest BCUT2D eigenvalue weighted by Gasteiger charge is -2.53. The molecule has 3 aliphatic rings. The van der Waals surface area contributed by atoms with E-state index < -0.39 is 11.8 Å². The molecule has 9 heteroatoms. The maximum atomic E-state index is 14.7. The van der Waals surface area contributed by atoms with Crippen molar-refractivity contribution in [2.24, 2.45) is 5.41 Å². The number of halogens is 3. The van der Waals surface area contributed by atoms with Crippen molar-refractivity contribution in [1.29, 1.82) is 0 Å². The molecule has 2 aromatic carbocycles. The van der Waals surface area contributed by atoms with Crippen molar-refractivity contribution in [3.05, 3.63) is 69.1 Å². The summed E-state index contributed by atoms with van der Waals surface area (Å²) >= 11 is 12.9. The van der Waals surface area contributed by atoms with Gasteiger partial charge in [0.25, 0.3) is 0 Å². The van der Waals surface area contributed by atoms with E-state index in [1.807, 2.05) is 4.90 Å². The van der Waals surface area contributed by atoms with Gasteiger partial charge < -0.3 is 19.3 Å². The summed E-state index contributed by atoms with van der Waals surface area (Å²) in [7, 11) is 0. The molecule has 1 saturated heterocycles. The average Bonchev–Trinajstić information content (AvgIpc) is 3.61. The first-order chi connectivity index (χ1) is 17.8. The quantitative estimate of drug-likeness (QED) is 0.335. The van der Waals surface area contributed by atoms with Gasteiger partial charge in [0.05, 0.1) is 34.0 Å². The first-order valence-electron chi connectivity index (χ1n) is 12.7. The molecule has 0 unspecified atom stereocenters. The Hall–Kier alpha value is -2.61. The molecule has 3 aromatic rings. The zero-order chi connectivity index (χ0) is 25.7. The van der Waals surface area contributed by atoms with Gasteiger partial charge in [-0.05, 0) is 74.3 Å². The zero-order valence-electron chi connectivity index (χ0n) is 20.2. The summed E-state index contributed by atoms with van der Waals surface area (Å²) in [6.07, 6.45) is 6.05. The van der Waals surface area contributed by atoms with Crippen molar-refractivity contribution >= 4 is 34.9 Å². The van der Waals surface area contributed by atoms with Gasteiger partial charge in [-0.15, -0.1) is 0 Å². The highest BCUT2D eigenvalue weighted by Gasteiger charge is 2.47. The van der Waals surface area contributed by atoms with E-state index >= 15 is 0 Å². The van der Waals surface area contributed by atoms with Crippen LogP contribution in [0.3, 0.4) is 0 Å². The Bertz CT molecular complexity index is 1330. The van der Waals surface area contributed by atoms with E-state index in [0.29, 0.717) is 39.5 Å². The monoisotopic (exact) mass is 544 g/mol. The number of aromatic nitrogens is 1. The summed E-state index contributed by atoms with van der Waals surface area (Å²) in [5.41, 5.74) is 2.74. The van der Waals surface area contributed by atoms with Crippen LogP contribution >= 0.6 is 23.2 Å². The van der Waals surface area contributed by atoms with Crippen LogP contribution in [0, 0.1) is 11.2 Å². The van der Waals surface area contributed by atoms with Gasteiger partial charge in [0.1, 0.15) is 17.3 Å². The predicted molar refractivity (Wildman–Crippen MR) is 139 cm³/mol. The number of piperidine rings is 1. The molecule has 1 spiro atoms. The van der Waals surface area contributed by atoms with Gasteiger partial charge >= 0.3 is 5.97 Å². The molecule has 2 saturated carbocycles. The largest absolute Gasteiger partial charge is 0.478 e. The second-order valence-electron chi connectivity index (χ2n) is 10.6. The Morgan fingerprint density at radius 1 is 1.22 bits per heavy atom. The normalized spacial score (nSPS) is 23.3. The first kappa shape index (κ1) is 24.7. The summed E-state index contributed by atoms with van der Waals surface area (Å²) in [5, 5.41) is 14.5. The van der Waals surface area contributed by atoms with E-state index in [0.717, 1.165) is 69.0 Å². The van der Waals surface area contributed by atoms with Crippen LogP contribution in [-0.2, 0) is 11.3 Å². The lowest BCUT2D eigenvalue weighted by Crippen LogP contribution is -2.53. The molecule has 6 nitrogen and oxygen atoms in total. The van der Waals surface area contributed by atoms with Crippen molar-refractivity contribution in [2.45, 2.75) is 57.2 Å². The van der Waals surface area contributed by atoms with E-state index in [1.165, 1.54) is 6.07 Å². The molecular weight excluding hydrogens is 518 g/mol. The van der Waals surface area contributed by atoms with Crippen molar-refractivity contribution in [3.8, 4) is 11.3 Å². The van der Waals surface area contributed by atoms with Crippen LogP contribution in [0.2, 0.25) is 10.0 Å². The van der Waals surface area contributed by atoms with Gasteiger partial charge in [0, 0.05) is 30.1 Å². The maximum Gasteiger partial charge on any atom is 0.335 e. The standard InChI is InChI=1S/C28H27Cl2FN2O4/c29-20-3-1-4-21(30)24(20)25-19(26(37-32-25)16-5-6-16)14-36-18-12-28(13-18)9-2-10-33(15-28)23-8-7-17(27(34)35)11-22(23)31/h1,3-4,7-8,11,16,18H,2,5-6,9-10,12-15H2,(H,34,35). The van der Waals surface area contributed by atoms with Gasteiger partial charge in [0.15, 0.2) is 0 Å². The molecule has 0 atom stereocenters. The third kappa shape index (κ3) is 4.73. The number of aromatic carboxylic acids is 1. The molecule has 0 radical (unpaired) electrons. The number of benzene rings is 2. The molecule has 0 amide bonds. The third-order valence-electron chi connectivity index (χ3n) is 7.95. The fourth-order valence-electron chi connectivity index (χ4n) is 5.92. The summed E-state index contributed by atoms with van der Waals surface area (Å²) in [4.78, 5) is 13.2. The fraction of sp³-hybridized carbons (Fsp3) is 0.429. The minimum Gasteiger partial charge on any atom is -0.478 e. The van der Waals surface area contributed by atoms with Crippen LogP contribution in [-0.4, -0.2) is 35.4 Å². The molecule has 37 heavy (non-hydrogen) atoms. The molecule has 1 aromatic heterocycles. The van der Waals surface area contributed by atoms with E-state index in [2.05, 4.69) is 5.16 Å². The lowest BCUT2D eigenvalue weighted by atomic mass is 9.62. The van der Waals surface area contributed by atoms with Crippen LogP contribution in [0.5, 0.6) is 0 Å².